The molecule has 3 nitrogen and oxygen atoms in total. The molecule has 9 aromatic rings. The molecule has 7 aromatic carbocycles. The molecule has 2 heterocycles. The van der Waals surface area contributed by atoms with Gasteiger partial charge in [0, 0.05) is 27.7 Å². The largest absolute Gasteiger partial charge is 0.309 e. The molecule has 0 unspecified atom stereocenters. The number of imidazole rings is 1. The van der Waals surface area contributed by atoms with Gasteiger partial charge in [0.15, 0.2) is 0 Å². The first-order valence-corrected chi connectivity index (χ1v) is 15.7. The summed E-state index contributed by atoms with van der Waals surface area (Å²) in [5.41, 5.74) is 12.5. The first kappa shape index (κ1) is 26.2. The van der Waals surface area contributed by atoms with Gasteiger partial charge < -0.3 is 4.57 Å². The lowest BCUT2D eigenvalue weighted by molar-refractivity contribution is 1.10. The summed E-state index contributed by atoms with van der Waals surface area (Å²) in [5, 5.41) is 2.49. The molecule has 0 saturated heterocycles. The molecule has 0 atom stereocenters. The van der Waals surface area contributed by atoms with E-state index in [9.17, 15) is 0 Å². The number of hydrogen-bond acceptors (Lipinski definition) is 1. The standard InChI is InChI=1S/C43H29N3/c1-3-15-31(16-4-1)45-40-25-13-11-22-36(40)38-29-30(27-28-41(38)45)33-19-7-8-20-34(33)35-21-9-10-23-37(35)43-44-39-24-12-14-26-42(39)46(43)32-17-5-2-6-18-32/h1-29H. The van der Waals surface area contributed by atoms with Crippen molar-refractivity contribution in [2.45, 2.75) is 0 Å². The summed E-state index contributed by atoms with van der Waals surface area (Å²) in [6, 6.07) is 62.5. The second-order valence-electron chi connectivity index (χ2n) is 11.6. The Morgan fingerprint density at radius 1 is 0.348 bits per heavy atom. The fourth-order valence-electron chi connectivity index (χ4n) is 6.92. The molecule has 0 aliphatic rings. The molecule has 0 fully saturated rings. The van der Waals surface area contributed by atoms with Crippen LogP contribution in [0.1, 0.15) is 0 Å². The Kier molecular flexibility index (Phi) is 6.14. The van der Waals surface area contributed by atoms with Crippen LogP contribution in [-0.2, 0) is 0 Å². The number of aromatic nitrogens is 3. The molecular weight excluding hydrogens is 558 g/mol. The van der Waals surface area contributed by atoms with Gasteiger partial charge in [-0.05, 0) is 76.9 Å². The predicted octanol–water partition coefficient (Wildman–Crippen LogP) is 11.1. The van der Waals surface area contributed by atoms with Crippen molar-refractivity contribution >= 4 is 32.8 Å². The fraction of sp³-hybridized carbons (Fsp3) is 0. The van der Waals surface area contributed by atoms with Crippen LogP contribution in [0.2, 0.25) is 0 Å². The Bertz CT molecular complexity index is 2520. The first-order valence-electron chi connectivity index (χ1n) is 15.7. The SMILES string of the molecule is c1ccc(-n2c(-c3ccccc3-c3ccccc3-c3ccc4c(c3)c3ccccc3n4-c3ccccc3)nc3ccccc32)cc1. The third-order valence-electron chi connectivity index (χ3n) is 8.96. The van der Waals surface area contributed by atoms with E-state index >= 15 is 0 Å². The molecule has 0 N–H and O–H groups in total. The highest BCUT2D eigenvalue weighted by Gasteiger charge is 2.20. The molecule has 0 spiro atoms. The lowest BCUT2D eigenvalue weighted by Gasteiger charge is -2.16. The van der Waals surface area contributed by atoms with Gasteiger partial charge in [0.25, 0.3) is 0 Å². The fourth-order valence-corrected chi connectivity index (χ4v) is 6.92. The summed E-state index contributed by atoms with van der Waals surface area (Å²) in [6.07, 6.45) is 0. The van der Waals surface area contributed by atoms with Gasteiger partial charge in [-0.1, -0.05) is 121 Å². The van der Waals surface area contributed by atoms with Crippen molar-refractivity contribution < 1.29 is 0 Å². The van der Waals surface area contributed by atoms with Crippen molar-refractivity contribution in [2.75, 3.05) is 0 Å². The van der Waals surface area contributed by atoms with E-state index in [1.165, 1.54) is 38.5 Å². The molecule has 0 bridgehead atoms. The Balaban J connectivity index is 1.26. The van der Waals surface area contributed by atoms with E-state index < -0.39 is 0 Å². The molecular formula is C43H29N3. The van der Waals surface area contributed by atoms with Gasteiger partial charge in [0.05, 0.1) is 22.1 Å². The van der Waals surface area contributed by atoms with Crippen molar-refractivity contribution in [2.24, 2.45) is 0 Å². The minimum atomic E-state index is 0.930. The van der Waals surface area contributed by atoms with Crippen molar-refractivity contribution in [3.63, 3.8) is 0 Å². The second-order valence-corrected chi connectivity index (χ2v) is 11.6. The van der Waals surface area contributed by atoms with Crippen LogP contribution in [0.4, 0.5) is 0 Å². The smallest absolute Gasteiger partial charge is 0.146 e. The summed E-state index contributed by atoms with van der Waals surface area (Å²) < 4.78 is 4.64. The Morgan fingerprint density at radius 3 is 1.61 bits per heavy atom. The van der Waals surface area contributed by atoms with Gasteiger partial charge in [-0.25, -0.2) is 4.98 Å². The third-order valence-corrected chi connectivity index (χ3v) is 8.96. The lowest BCUT2D eigenvalue weighted by atomic mass is 9.91. The predicted molar refractivity (Wildman–Crippen MR) is 192 cm³/mol. The monoisotopic (exact) mass is 587 g/mol. The van der Waals surface area contributed by atoms with E-state index in [1.54, 1.807) is 0 Å². The molecule has 3 heteroatoms. The van der Waals surface area contributed by atoms with Gasteiger partial charge in [0.1, 0.15) is 5.82 Å². The summed E-state index contributed by atoms with van der Waals surface area (Å²) in [6.45, 7) is 0. The number of nitrogens with zero attached hydrogens (tertiary/aromatic N) is 3. The Labute approximate surface area is 267 Å². The zero-order chi connectivity index (χ0) is 30.5. The van der Waals surface area contributed by atoms with Crippen LogP contribution in [0.15, 0.2) is 176 Å². The van der Waals surface area contributed by atoms with E-state index in [0.29, 0.717) is 0 Å². The van der Waals surface area contributed by atoms with E-state index in [2.05, 4.69) is 185 Å². The van der Waals surface area contributed by atoms with Gasteiger partial charge in [-0.15, -0.1) is 0 Å². The first-order chi connectivity index (χ1) is 22.8. The maximum absolute atomic E-state index is 5.21. The van der Waals surface area contributed by atoms with Gasteiger partial charge in [-0.2, -0.15) is 0 Å². The molecule has 2 aromatic heterocycles. The maximum atomic E-state index is 5.21. The topological polar surface area (TPSA) is 22.8 Å². The normalized spacial score (nSPS) is 11.5. The maximum Gasteiger partial charge on any atom is 0.146 e. The highest BCUT2D eigenvalue weighted by atomic mass is 15.1. The van der Waals surface area contributed by atoms with Crippen molar-refractivity contribution in [1.82, 2.24) is 14.1 Å². The van der Waals surface area contributed by atoms with Gasteiger partial charge in [0.2, 0.25) is 0 Å². The number of fused-ring (bicyclic) bond motifs is 4. The molecule has 9 rings (SSSR count). The van der Waals surface area contributed by atoms with Crippen molar-refractivity contribution in [1.29, 1.82) is 0 Å². The quantitative estimate of drug-likeness (QED) is 0.196. The van der Waals surface area contributed by atoms with Crippen molar-refractivity contribution in [3.8, 4) is 45.0 Å². The van der Waals surface area contributed by atoms with E-state index in [1.807, 2.05) is 0 Å². The van der Waals surface area contributed by atoms with Crippen LogP contribution < -0.4 is 0 Å². The Hall–Kier alpha value is -6.19. The van der Waals surface area contributed by atoms with Crippen LogP contribution in [-0.4, -0.2) is 14.1 Å². The van der Waals surface area contributed by atoms with E-state index in [0.717, 1.165) is 39.4 Å². The molecule has 216 valence electrons. The van der Waals surface area contributed by atoms with Crippen LogP contribution in [0.3, 0.4) is 0 Å². The number of para-hydroxylation sites is 5. The van der Waals surface area contributed by atoms with Crippen LogP contribution in [0, 0.1) is 0 Å². The number of hydrogen-bond donors (Lipinski definition) is 0. The second kappa shape index (κ2) is 10.8. The van der Waals surface area contributed by atoms with Crippen LogP contribution in [0.25, 0.3) is 77.9 Å². The molecule has 46 heavy (non-hydrogen) atoms. The van der Waals surface area contributed by atoms with Gasteiger partial charge >= 0.3 is 0 Å². The highest BCUT2D eigenvalue weighted by molar-refractivity contribution is 6.11. The molecule has 0 aliphatic heterocycles. The highest BCUT2D eigenvalue weighted by Crippen LogP contribution is 2.41. The Morgan fingerprint density at radius 2 is 0.870 bits per heavy atom. The van der Waals surface area contributed by atoms with E-state index in [-0.39, 0.29) is 0 Å². The average molecular weight is 588 g/mol. The van der Waals surface area contributed by atoms with Crippen LogP contribution >= 0.6 is 0 Å². The minimum absolute atomic E-state index is 0.930. The minimum Gasteiger partial charge on any atom is -0.309 e. The van der Waals surface area contributed by atoms with E-state index in [4.69, 9.17) is 4.98 Å². The zero-order valence-corrected chi connectivity index (χ0v) is 25.1. The van der Waals surface area contributed by atoms with Gasteiger partial charge in [-0.3, -0.25) is 4.57 Å². The summed E-state index contributed by atoms with van der Waals surface area (Å²) in [5.74, 6) is 0.930. The number of rotatable bonds is 5. The average Bonchev–Trinajstić information content (AvgIpc) is 3.68. The van der Waals surface area contributed by atoms with Crippen LogP contribution in [0.5, 0.6) is 0 Å². The molecule has 0 saturated carbocycles. The van der Waals surface area contributed by atoms with Crippen molar-refractivity contribution in [3.05, 3.63) is 176 Å². The summed E-state index contributed by atoms with van der Waals surface area (Å²) in [7, 11) is 0. The summed E-state index contributed by atoms with van der Waals surface area (Å²) in [4.78, 5) is 5.21. The molecule has 0 radical (unpaired) electrons. The number of benzene rings is 7. The molecule has 0 aliphatic carbocycles. The summed E-state index contributed by atoms with van der Waals surface area (Å²) >= 11 is 0. The zero-order valence-electron chi connectivity index (χ0n) is 25.1. The lowest BCUT2D eigenvalue weighted by Crippen LogP contribution is -1.99. The third kappa shape index (κ3) is 4.17. The molecule has 0 amide bonds.